The van der Waals surface area contributed by atoms with Gasteiger partial charge in [0.15, 0.2) is 0 Å². The van der Waals surface area contributed by atoms with E-state index in [0.29, 0.717) is 19.4 Å². The summed E-state index contributed by atoms with van der Waals surface area (Å²) in [5, 5.41) is 0. The molecule has 2 atom stereocenters. The van der Waals surface area contributed by atoms with E-state index >= 15 is 0 Å². The molecule has 4 nitrogen and oxygen atoms in total. The minimum absolute atomic E-state index is 0.139. The van der Waals surface area contributed by atoms with Gasteiger partial charge in [0.2, 0.25) is 0 Å². The van der Waals surface area contributed by atoms with Crippen molar-refractivity contribution < 1.29 is 19.4 Å². The molecule has 0 aromatic heterocycles. The second-order valence-electron chi connectivity index (χ2n) is 9.25. The van der Waals surface area contributed by atoms with Gasteiger partial charge >= 0.3 is 5.97 Å². The summed E-state index contributed by atoms with van der Waals surface area (Å²) in [7, 11) is 0. The molecule has 0 radical (unpaired) electrons. The number of hydrogen-bond donors (Lipinski definition) is 0. The zero-order valence-corrected chi connectivity index (χ0v) is 20.8. The number of Topliss-reactive ketones (excluding diaryl/α,β-unsaturated/α-hetero) is 1. The Bertz CT molecular complexity index is 538. The van der Waals surface area contributed by atoms with Gasteiger partial charge in [-0.2, -0.15) is 4.89 Å². The fourth-order valence-electron chi connectivity index (χ4n) is 4.35. The molecule has 4 heteroatoms. The molecule has 1 fully saturated rings. The lowest BCUT2D eigenvalue weighted by Gasteiger charge is -2.19. The zero-order valence-electron chi connectivity index (χ0n) is 20.8. The van der Waals surface area contributed by atoms with Gasteiger partial charge in [0.05, 0.1) is 12.5 Å². The van der Waals surface area contributed by atoms with Gasteiger partial charge in [-0.15, -0.1) is 0 Å². The molecule has 0 aliphatic heterocycles. The van der Waals surface area contributed by atoms with E-state index in [9.17, 15) is 9.59 Å². The predicted molar refractivity (Wildman–Crippen MR) is 132 cm³/mol. The van der Waals surface area contributed by atoms with E-state index in [1.807, 2.05) is 0 Å². The van der Waals surface area contributed by atoms with Crippen LogP contribution in [0.2, 0.25) is 0 Å². The Morgan fingerprint density at radius 3 is 2.19 bits per heavy atom. The van der Waals surface area contributed by atoms with Crippen molar-refractivity contribution in [2.24, 2.45) is 11.8 Å². The second-order valence-corrected chi connectivity index (χ2v) is 9.25. The lowest BCUT2D eigenvalue weighted by Crippen LogP contribution is -2.25. The third-order valence-electron chi connectivity index (χ3n) is 6.32. The standard InChI is InChI=1S/C28H48O4/c1-3-5-6-7-8-9-10-11-12-13-14-15-16-17-18-19-23-31-32-28(30)27(20-4-2)25-21-22-26(29)24-25/h8-9,11-12,25,27H,3-7,10,13-24H2,1-2H3/b9-8-,12-11-. The molecule has 1 saturated carbocycles. The van der Waals surface area contributed by atoms with Crippen LogP contribution in [0.4, 0.5) is 0 Å². The lowest BCUT2D eigenvalue weighted by atomic mass is 9.87. The van der Waals surface area contributed by atoms with Crippen molar-refractivity contribution in [1.29, 1.82) is 0 Å². The van der Waals surface area contributed by atoms with Crippen LogP contribution >= 0.6 is 0 Å². The first-order valence-corrected chi connectivity index (χ1v) is 13.3. The monoisotopic (exact) mass is 448 g/mol. The number of rotatable bonds is 20. The van der Waals surface area contributed by atoms with Crippen LogP contribution in [0.5, 0.6) is 0 Å². The second kappa shape index (κ2) is 20.2. The molecule has 0 amide bonds. The molecule has 0 aromatic carbocycles. The molecule has 2 unspecified atom stereocenters. The Kier molecular flexibility index (Phi) is 18.1. The van der Waals surface area contributed by atoms with Crippen LogP contribution in [0, 0.1) is 11.8 Å². The van der Waals surface area contributed by atoms with Crippen molar-refractivity contribution in [2.45, 2.75) is 123 Å². The lowest BCUT2D eigenvalue weighted by molar-refractivity contribution is -0.277. The van der Waals surface area contributed by atoms with Gasteiger partial charge in [-0.25, -0.2) is 4.79 Å². The molecule has 0 saturated heterocycles. The summed E-state index contributed by atoms with van der Waals surface area (Å²) in [6, 6.07) is 0. The molecule has 1 aliphatic rings. The quantitative estimate of drug-likeness (QED) is 0.0818. The number of allylic oxidation sites excluding steroid dienone is 4. The van der Waals surface area contributed by atoms with Gasteiger partial charge in [-0.3, -0.25) is 9.68 Å². The summed E-state index contributed by atoms with van der Waals surface area (Å²) in [5.74, 6) is -0.0690. The molecular formula is C28H48O4. The Morgan fingerprint density at radius 2 is 1.56 bits per heavy atom. The van der Waals surface area contributed by atoms with Crippen LogP contribution in [0.25, 0.3) is 0 Å². The number of ketones is 1. The summed E-state index contributed by atoms with van der Waals surface area (Å²) >= 11 is 0. The largest absolute Gasteiger partial charge is 0.345 e. The number of unbranched alkanes of at least 4 members (excludes halogenated alkanes) is 9. The van der Waals surface area contributed by atoms with Gasteiger partial charge in [0.25, 0.3) is 0 Å². The average molecular weight is 449 g/mol. The van der Waals surface area contributed by atoms with Crippen LogP contribution in [0.15, 0.2) is 24.3 Å². The maximum absolute atomic E-state index is 12.3. The smallest absolute Gasteiger partial charge is 0.300 e. The van der Waals surface area contributed by atoms with Crippen LogP contribution < -0.4 is 0 Å². The zero-order chi connectivity index (χ0) is 23.3. The number of carbonyl (C=O) groups excluding carboxylic acids is 2. The molecule has 32 heavy (non-hydrogen) atoms. The molecule has 0 bridgehead atoms. The van der Waals surface area contributed by atoms with Gasteiger partial charge in [-0.1, -0.05) is 83.1 Å². The van der Waals surface area contributed by atoms with E-state index in [1.165, 1.54) is 57.8 Å². The third-order valence-corrected chi connectivity index (χ3v) is 6.32. The van der Waals surface area contributed by atoms with Gasteiger partial charge in [0, 0.05) is 12.8 Å². The maximum atomic E-state index is 12.3. The van der Waals surface area contributed by atoms with E-state index in [2.05, 4.69) is 38.2 Å². The van der Waals surface area contributed by atoms with Crippen LogP contribution in [-0.4, -0.2) is 18.4 Å². The normalized spacial score (nSPS) is 17.6. The van der Waals surface area contributed by atoms with Crippen molar-refractivity contribution in [3.05, 3.63) is 24.3 Å². The van der Waals surface area contributed by atoms with Crippen molar-refractivity contribution in [1.82, 2.24) is 0 Å². The van der Waals surface area contributed by atoms with Crippen molar-refractivity contribution in [2.75, 3.05) is 6.61 Å². The minimum Gasteiger partial charge on any atom is -0.300 e. The van der Waals surface area contributed by atoms with E-state index < -0.39 is 0 Å². The molecule has 1 aliphatic carbocycles. The van der Waals surface area contributed by atoms with Crippen LogP contribution in [-0.2, 0) is 19.4 Å². The van der Waals surface area contributed by atoms with Crippen molar-refractivity contribution in [3.63, 3.8) is 0 Å². The molecule has 184 valence electrons. The molecular weight excluding hydrogens is 400 g/mol. The van der Waals surface area contributed by atoms with Crippen LogP contribution in [0.3, 0.4) is 0 Å². The van der Waals surface area contributed by atoms with Gasteiger partial charge < -0.3 is 0 Å². The van der Waals surface area contributed by atoms with Gasteiger partial charge in [-0.05, 0) is 57.3 Å². The van der Waals surface area contributed by atoms with Crippen molar-refractivity contribution in [3.8, 4) is 0 Å². The summed E-state index contributed by atoms with van der Waals surface area (Å²) in [6.07, 6.45) is 27.2. The Balaban J connectivity index is 1.92. The fraction of sp³-hybridized carbons (Fsp3) is 0.786. The molecule has 1 rings (SSSR count). The Morgan fingerprint density at radius 1 is 0.906 bits per heavy atom. The summed E-state index contributed by atoms with van der Waals surface area (Å²) in [5.41, 5.74) is 0. The van der Waals surface area contributed by atoms with E-state index in [-0.39, 0.29) is 23.6 Å². The van der Waals surface area contributed by atoms with E-state index in [1.54, 1.807) is 0 Å². The average Bonchev–Trinajstić information content (AvgIpc) is 3.22. The maximum Gasteiger partial charge on any atom is 0.345 e. The highest BCUT2D eigenvalue weighted by molar-refractivity contribution is 5.82. The van der Waals surface area contributed by atoms with Crippen molar-refractivity contribution >= 4 is 11.8 Å². The Labute approximate surface area is 197 Å². The summed E-state index contributed by atoms with van der Waals surface area (Å²) in [6.45, 7) is 4.76. The topological polar surface area (TPSA) is 52.6 Å². The minimum atomic E-state index is -0.286. The first-order chi connectivity index (χ1) is 15.7. The number of carbonyl (C=O) groups is 2. The SMILES string of the molecule is CCCCC/C=C\C/C=C\CCCCCCCCOOC(=O)C(CCC)C1CCC(=O)C1. The first-order valence-electron chi connectivity index (χ1n) is 13.3. The summed E-state index contributed by atoms with van der Waals surface area (Å²) in [4.78, 5) is 34.1. The first kappa shape index (κ1) is 28.6. The Hall–Kier alpha value is -1.42. The number of hydrogen-bond acceptors (Lipinski definition) is 4. The predicted octanol–water partition coefficient (Wildman–Crippen LogP) is 8.06. The highest BCUT2D eigenvalue weighted by Gasteiger charge is 2.34. The van der Waals surface area contributed by atoms with Gasteiger partial charge in [0.1, 0.15) is 5.78 Å². The highest BCUT2D eigenvalue weighted by atomic mass is 17.2. The molecule has 0 spiro atoms. The summed E-state index contributed by atoms with van der Waals surface area (Å²) < 4.78 is 0. The molecule has 0 aromatic rings. The van der Waals surface area contributed by atoms with E-state index in [0.717, 1.165) is 38.5 Å². The van der Waals surface area contributed by atoms with E-state index in [4.69, 9.17) is 9.78 Å². The molecule has 0 N–H and O–H groups in total. The third kappa shape index (κ3) is 14.6. The highest BCUT2D eigenvalue weighted by Crippen LogP contribution is 2.32. The van der Waals surface area contributed by atoms with Crippen LogP contribution in [0.1, 0.15) is 123 Å². The fourth-order valence-corrected chi connectivity index (χ4v) is 4.35. The molecule has 0 heterocycles.